The van der Waals surface area contributed by atoms with E-state index in [1.165, 1.54) is 12.8 Å². The molecule has 4 N–H and O–H groups in total. The molecule has 4 rings (SSSR count). The van der Waals surface area contributed by atoms with Gasteiger partial charge in [0.25, 0.3) is 0 Å². The number of fused-ring (bicyclic) bond motifs is 3. The second-order valence-corrected chi connectivity index (χ2v) is 6.68. The van der Waals surface area contributed by atoms with Gasteiger partial charge in [-0.25, -0.2) is 4.98 Å². The third-order valence-corrected chi connectivity index (χ3v) is 5.38. The zero-order chi connectivity index (χ0) is 15.1. The van der Waals surface area contributed by atoms with Crippen LogP contribution in [-0.2, 0) is 11.2 Å². The van der Waals surface area contributed by atoms with Gasteiger partial charge in [0.15, 0.2) is 0 Å². The molecule has 2 bridgehead atoms. The van der Waals surface area contributed by atoms with E-state index in [0.717, 1.165) is 29.7 Å². The van der Waals surface area contributed by atoms with Crippen LogP contribution in [0, 0.1) is 17.8 Å². The first-order chi connectivity index (χ1) is 10.7. The van der Waals surface area contributed by atoms with Gasteiger partial charge in [0.05, 0.1) is 17.0 Å². The number of aromatic nitrogens is 2. The van der Waals surface area contributed by atoms with Crippen LogP contribution in [0.3, 0.4) is 0 Å². The van der Waals surface area contributed by atoms with Crippen molar-refractivity contribution in [3.8, 4) is 0 Å². The van der Waals surface area contributed by atoms with Gasteiger partial charge in [0.1, 0.15) is 5.82 Å². The number of hydrogen-bond donors (Lipinski definition) is 3. The van der Waals surface area contributed by atoms with Gasteiger partial charge in [0.2, 0.25) is 5.91 Å². The molecule has 1 amide bonds. The van der Waals surface area contributed by atoms with E-state index in [1.54, 1.807) is 0 Å². The van der Waals surface area contributed by atoms with Gasteiger partial charge in [-0.15, -0.1) is 0 Å². The molecule has 116 valence electrons. The topological polar surface area (TPSA) is 83.8 Å². The molecular formula is C17H22N4O. The van der Waals surface area contributed by atoms with Crippen molar-refractivity contribution in [2.75, 3.05) is 6.54 Å². The van der Waals surface area contributed by atoms with Crippen molar-refractivity contribution in [3.05, 3.63) is 30.1 Å². The van der Waals surface area contributed by atoms with Gasteiger partial charge < -0.3 is 16.0 Å². The Labute approximate surface area is 129 Å². The summed E-state index contributed by atoms with van der Waals surface area (Å²) in [5, 5.41) is 3.05. The highest BCUT2D eigenvalue weighted by molar-refractivity contribution is 5.80. The number of aromatic amines is 1. The second kappa shape index (κ2) is 5.39. The largest absolute Gasteiger partial charge is 0.355 e. The summed E-state index contributed by atoms with van der Waals surface area (Å²) in [5.74, 6) is 2.14. The molecule has 0 radical (unpaired) electrons. The van der Waals surface area contributed by atoms with E-state index in [2.05, 4.69) is 15.3 Å². The highest BCUT2D eigenvalue weighted by atomic mass is 16.1. The van der Waals surface area contributed by atoms with E-state index < -0.39 is 0 Å². The number of para-hydroxylation sites is 2. The number of hydrogen-bond acceptors (Lipinski definition) is 3. The van der Waals surface area contributed by atoms with Crippen LogP contribution >= 0.6 is 0 Å². The summed E-state index contributed by atoms with van der Waals surface area (Å²) in [6.07, 6.45) is 4.23. The molecule has 5 heteroatoms. The Bertz CT molecular complexity index is 660. The lowest BCUT2D eigenvalue weighted by atomic mass is 9.84. The van der Waals surface area contributed by atoms with Crippen LogP contribution in [0.5, 0.6) is 0 Å². The third-order valence-electron chi connectivity index (χ3n) is 5.38. The van der Waals surface area contributed by atoms with Crippen molar-refractivity contribution >= 4 is 16.9 Å². The lowest BCUT2D eigenvalue weighted by molar-refractivity contribution is -0.127. The molecule has 0 spiro atoms. The molecule has 4 atom stereocenters. The molecule has 5 nitrogen and oxygen atoms in total. The lowest BCUT2D eigenvalue weighted by Crippen LogP contribution is -2.45. The molecule has 22 heavy (non-hydrogen) atoms. The third kappa shape index (κ3) is 2.29. The van der Waals surface area contributed by atoms with Gasteiger partial charge >= 0.3 is 0 Å². The lowest BCUT2D eigenvalue weighted by Gasteiger charge is -2.26. The number of amides is 1. The van der Waals surface area contributed by atoms with Crippen LogP contribution in [0.2, 0.25) is 0 Å². The van der Waals surface area contributed by atoms with E-state index in [-0.39, 0.29) is 17.9 Å². The summed E-state index contributed by atoms with van der Waals surface area (Å²) in [6, 6.07) is 8.03. The molecule has 2 saturated carbocycles. The molecule has 2 aromatic rings. The van der Waals surface area contributed by atoms with E-state index in [1.807, 2.05) is 24.3 Å². The molecule has 1 aromatic heterocycles. The first-order valence-corrected chi connectivity index (χ1v) is 8.19. The number of nitrogens with zero attached hydrogens (tertiary/aromatic N) is 1. The van der Waals surface area contributed by atoms with Crippen molar-refractivity contribution in [2.45, 2.75) is 31.7 Å². The fraction of sp³-hybridized carbons (Fsp3) is 0.529. The Hall–Kier alpha value is -1.88. The standard InChI is InChI=1S/C17H22N4O/c18-16-11-6-5-10(9-11)15(16)17(22)19-8-7-14-20-12-3-1-2-4-13(12)21-14/h1-4,10-11,15-16H,5-9,18H2,(H,19,22)(H,20,21). The Balaban J connectivity index is 1.34. The number of rotatable bonds is 4. The minimum atomic E-state index is 0.0226. The molecular weight excluding hydrogens is 276 g/mol. The van der Waals surface area contributed by atoms with Gasteiger partial charge in [-0.05, 0) is 43.2 Å². The van der Waals surface area contributed by atoms with E-state index in [9.17, 15) is 4.79 Å². The van der Waals surface area contributed by atoms with Gasteiger partial charge in [-0.2, -0.15) is 0 Å². The summed E-state index contributed by atoms with van der Waals surface area (Å²) >= 11 is 0. The van der Waals surface area contributed by atoms with Crippen molar-refractivity contribution in [1.82, 2.24) is 15.3 Å². The summed E-state index contributed by atoms with van der Waals surface area (Å²) < 4.78 is 0. The molecule has 0 saturated heterocycles. The Morgan fingerprint density at radius 1 is 1.32 bits per heavy atom. The van der Waals surface area contributed by atoms with Crippen LogP contribution in [0.1, 0.15) is 25.1 Å². The number of benzene rings is 1. The molecule has 0 aliphatic heterocycles. The number of H-pyrrole nitrogens is 1. The van der Waals surface area contributed by atoms with E-state index in [0.29, 0.717) is 18.4 Å². The number of nitrogens with one attached hydrogen (secondary N) is 2. The average molecular weight is 298 g/mol. The fourth-order valence-electron chi connectivity index (χ4n) is 4.27. The Morgan fingerprint density at radius 2 is 2.14 bits per heavy atom. The number of nitrogens with two attached hydrogens (primary N) is 1. The summed E-state index contributed by atoms with van der Waals surface area (Å²) in [4.78, 5) is 20.2. The van der Waals surface area contributed by atoms with Crippen molar-refractivity contribution in [1.29, 1.82) is 0 Å². The fourth-order valence-corrected chi connectivity index (χ4v) is 4.27. The normalized spacial score (nSPS) is 30.0. The first kappa shape index (κ1) is 13.8. The van der Waals surface area contributed by atoms with Crippen LogP contribution < -0.4 is 11.1 Å². The first-order valence-electron chi connectivity index (χ1n) is 8.19. The number of carbonyl (C=O) groups is 1. The predicted molar refractivity (Wildman–Crippen MR) is 85.1 cm³/mol. The van der Waals surface area contributed by atoms with E-state index in [4.69, 9.17) is 5.73 Å². The zero-order valence-corrected chi connectivity index (χ0v) is 12.6. The number of carbonyl (C=O) groups excluding carboxylic acids is 1. The predicted octanol–water partition coefficient (Wildman–Crippen LogP) is 1.59. The molecule has 4 unspecified atom stereocenters. The van der Waals surface area contributed by atoms with Crippen LogP contribution in [0.4, 0.5) is 0 Å². The quantitative estimate of drug-likeness (QED) is 0.801. The second-order valence-electron chi connectivity index (χ2n) is 6.68. The molecule has 2 aliphatic carbocycles. The molecule has 2 fully saturated rings. The molecule has 1 aromatic carbocycles. The van der Waals surface area contributed by atoms with Crippen molar-refractivity contribution in [3.63, 3.8) is 0 Å². The summed E-state index contributed by atoms with van der Waals surface area (Å²) in [6.45, 7) is 0.610. The van der Waals surface area contributed by atoms with Crippen molar-refractivity contribution < 1.29 is 4.79 Å². The maximum Gasteiger partial charge on any atom is 0.224 e. The van der Waals surface area contributed by atoms with E-state index >= 15 is 0 Å². The highest BCUT2D eigenvalue weighted by Gasteiger charge is 2.48. The SMILES string of the molecule is NC1C2CCC(C2)C1C(=O)NCCc1nc2ccccc2[nH]1. The minimum Gasteiger partial charge on any atom is -0.355 e. The maximum absolute atomic E-state index is 12.4. The van der Waals surface area contributed by atoms with Gasteiger partial charge in [0, 0.05) is 19.0 Å². The Morgan fingerprint density at radius 3 is 2.91 bits per heavy atom. The highest BCUT2D eigenvalue weighted by Crippen LogP contribution is 2.47. The van der Waals surface area contributed by atoms with Crippen molar-refractivity contribution in [2.24, 2.45) is 23.5 Å². The van der Waals surface area contributed by atoms with Crippen LogP contribution in [0.25, 0.3) is 11.0 Å². The van der Waals surface area contributed by atoms with Crippen LogP contribution in [0.15, 0.2) is 24.3 Å². The summed E-state index contributed by atoms with van der Waals surface area (Å²) in [7, 11) is 0. The maximum atomic E-state index is 12.4. The smallest absolute Gasteiger partial charge is 0.224 e. The van der Waals surface area contributed by atoms with Gasteiger partial charge in [-0.1, -0.05) is 12.1 Å². The van der Waals surface area contributed by atoms with Crippen LogP contribution in [-0.4, -0.2) is 28.5 Å². The average Bonchev–Trinajstić information content (AvgIpc) is 3.19. The molecule has 1 heterocycles. The zero-order valence-electron chi connectivity index (χ0n) is 12.6. The number of imidazole rings is 1. The molecule has 2 aliphatic rings. The monoisotopic (exact) mass is 298 g/mol. The Kier molecular flexibility index (Phi) is 3.37. The summed E-state index contributed by atoms with van der Waals surface area (Å²) in [5.41, 5.74) is 8.23. The minimum absolute atomic E-state index is 0.0226. The van der Waals surface area contributed by atoms with Gasteiger partial charge in [-0.3, -0.25) is 4.79 Å².